The fraction of sp³-hybridized carbons (Fsp3) is 1.00. The molecule has 3 fully saturated rings. The van der Waals surface area contributed by atoms with Gasteiger partial charge in [0.25, 0.3) is 0 Å². The third-order valence-corrected chi connectivity index (χ3v) is 5.54. The highest BCUT2D eigenvalue weighted by Crippen LogP contribution is 2.29. The summed E-state index contributed by atoms with van der Waals surface area (Å²) in [5.41, 5.74) is 0. The van der Waals surface area contributed by atoms with Gasteiger partial charge in [-0.05, 0) is 18.6 Å². The third-order valence-electron chi connectivity index (χ3n) is 4.02. The monoisotopic (exact) mass is 257 g/mol. The van der Waals surface area contributed by atoms with Crippen LogP contribution in [0.4, 0.5) is 0 Å². The molecule has 0 amide bonds. The highest BCUT2D eigenvalue weighted by Gasteiger charge is 2.32. The second kappa shape index (κ2) is 5.89. The molecule has 4 atom stereocenters. The van der Waals surface area contributed by atoms with Crippen LogP contribution < -0.4 is 16.0 Å². The fourth-order valence-electron chi connectivity index (χ4n) is 2.99. The molecule has 0 spiro atoms. The van der Waals surface area contributed by atoms with E-state index in [-0.39, 0.29) is 0 Å². The number of morpholine rings is 1. The number of ether oxygens (including phenoxy) is 1. The van der Waals surface area contributed by atoms with Crippen LogP contribution in [-0.2, 0) is 4.74 Å². The first-order valence-corrected chi connectivity index (χ1v) is 7.89. The van der Waals surface area contributed by atoms with Crippen LogP contribution >= 0.6 is 11.8 Å². The van der Waals surface area contributed by atoms with Crippen molar-refractivity contribution in [3.05, 3.63) is 0 Å². The molecule has 5 heteroatoms. The summed E-state index contributed by atoms with van der Waals surface area (Å²) in [4.78, 5) is 0. The summed E-state index contributed by atoms with van der Waals surface area (Å²) >= 11 is 2.14. The lowest BCUT2D eigenvalue weighted by Crippen LogP contribution is -2.63. The van der Waals surface area contributed by atoms with Gasteiger partial charge in [-0.25, -0.2) is 0 Å². The first-order chi connectivity index (χ1) is 8.43. The maximum absolute atomic E-state index is 5.81. The Balaban J connectivity index is 1.46. The molecular formula is C12H23N3OS. The summed E-state index contributed by atoms with van der Waals surface area (Å²) in [5.74, 6) is 1.35. The lowest BCUT2D eigenvalue weighted by Gasteiger charge is -2.39. The van der Waals surface area contributed by atoms with Crippen molar-refractivity contribution < 1.29 is 4.74 Å². The SMILES string of the molecule is C1CSC(C2CNC(C3CNCCO3)CN2)C1. The minimum absolute atomic E-state index is 0.341. The van der Waals surface area contributed by atoms with E-state index >= 15 is 0 Å². The Hall–Kier alpha value is 0.190. The van der Waals surface area contributed by atoms with Gasteiger partial charge in [-0.3, -0.25) is 0 Å². The summed E-state index contributed by atoms with van der Waals surface area (Å²) in [6, 6.07) is 1.14. The zero-order valence-corrected chi connectivity index (χ0v) is 11.1. The molecule has 0 aliphatic carbocycles. The molecule has 0 aromatic rings. The number of hydrogen-bond donors (Lipinski definition) is 3. The van der Waals surface area contributed by atoms with Gasteiger partial charge < -0.3 is 20.7 Å². The molecule has 3 heterocycles. The van der Waals surface area contributed by atoms with E-state index in [1.807, 2.05) is 0 Å². The Kier molecular flexibility index (Phi) is 4.24. The predicted molar refractivity (Wildman–Crippen MR) is 71.7 cm³/mol. The van der Waals surface area contributed by atoms with Crippen LogP contribution in [0.1, 0.15) is 12.8 Å². The van der Waals surface area contributed by atoms with Gasteiger partial charge in [0.2, 0.25) is 0 Å². The minimum atomic E-state index is 0.341. The van der Waals surface area contributed by atoms with Crippen molar-refractivity contribution in [3.8, 4) is 0 Å². The summed E-state index contributed by atoms with van der Waals surface area (Å²) in [7, 11) is 0. The smallest absolute Gasteiger partial charge is 0.0865 e. The number of piperazine rings is 1. The normalized spacial score (nSPS) is 43.8. The Bertz CT molecular complexity index is 234. The van der Waals surface area contributed by atoms with Gasteiger partial charge in [0, 0.05) is 43.5 Å². The molecule has 3 rings (SSSR count). The largest absolute Gasteiger partial charge is 0.374 e. The lowest BCUT2D eigenvalue weighted by atomic mass is 10.0. The van der Waals surface area contributed by atoms with Gasteiger partial charge in [0.15, 0.2) is 0 Å². The first-order valence-electron chi connectivity index (χ1n) is 6.84. The van der Waals surface area contributed by atoms with Crippen molar-refractivity contribution in [2.75, 3.05) is 38.5 Å². The molecule has 0 aromatic carbocycles. The Morgan fingerprint density at radius 3 is 2.59 bits per heavy atom. The van der Waals surface area contributed by atoms with E-state index in [9.17, 15) is 0 Å². The van der Waals surface area contributed by atoms with Crippen molar-refractivity contribution in [2.24, 2.45) is 0 Å². The molecule has 17 heavy (non-hydrogen) atoms. The Labute approximate surface area is 108 Å². The van der Waals surface area contributed by atoms with Crippen LogP contribution in [0, 0.1) is 0 Å². The van der Waals surface area contributed by atoms with Gasteiger partial charge >= 0.3 is 0 Å². The lowest BCUT2D eigenvalue weighted by molar-refractivity contribution is -0.000674. The van der Waals surface area contributed by atoms with E-state index in [0.717, 1.165) is 38.0 Å². The Morgan fingerprint density at radius 2 is 1.94 bits per heavy atom. The van der Waals surface area contributed by atoms with Crippen molar-refractivity contribution >= 4 is 11.8 Å². The van der Waals surface area contributed by atoms with Crippen LogP contribution in [0.5, 0.6) is 0 Å². The minimum Gasteiger partial charge on any atom is -0.374 e. The van der Waals surface area contributed by atoms with E-state index in [0.29, 0.717) is 18.2 Å². The van der Waals surface area contributed by atoms with Crippen LogP contribution in [-0.4, -0.2) is 62.0 Å². The molecule has 0 aromatic heterocycles. The Morgan fingerprint density at radius 1 is 1.06 bits per heavy atom. The maximum Gasteiger partial charge on any atom is 0.0865 e. The fourth-order valence-corrected chi connectivity index (χ4v) is 4.39. The van der Waals surface area contributed by atoms with Crippen LogP contribution in [0.25, 0.3) is 0 Å². The average Bonchev–Trinajstić information content (AvgIpc) is 2.94. The van der Waals surface area contributed by atoms with Gasteiger partial charge in [0.05, 0.1) is 12.7 Å². The third kappa shape index (κ3) is 2.96. The van der Waals surface area contributed by atoms with Crippen LogP contribution in [0.15, 0.2) is 0 Å². The van der Waals surface area contributed by atoms with Crippen molar-refractivity contribution in [3.63, 3.8) is 0 Å². The molecule has 0 saturated carbocycles. The van der Waals surface area contributed by atoms with E-state index in [1.54, 1.807) is 0 Å². The summed E-state index contributed by atoms with van der Waals surface area (Å²) in [5, 5.41) is 11.6. The molecule has 0 bridgehead atoms. The summed E-state index contributed by atoms with van der Waals surface area (Å²) in [6.45, 7) is 4.99. The topological polar surface area (TPSA) is 45.3 Å². The van der Waals surface area contributed by atoms with Crippen molar-refractivity contribution in [1.82, 2.24) is 16.0 Å². The van der Waals surface area contributed by atoms with Crippen LogP contribution in [0.2, 0.25) is 0 Å². The highest BCUT2D eigenvalue weighted by atomic mass is 32.2. The summed E-state index contributed by atoms with van der Waals surface area (Å²) < 4.78 is 5.81. The number of thioether (sulfide) groups is 1. The zero-order chi connectivity index (χ0) is 11.5. The van der Waals surface area contributed by atoms with Gasteiger partial charge in [-0.15, -0.1) is 0 Å². The van der Waals surface area contributed by atoms with E-state index in [4.69, 9.17) is 4.74 Å². The molecule has 3 N–H and O–H groups in total. The molecule has 3 aliphatic heterocycles. The number of nitrogens with one attached hydrogen (secondary N) is 3. The predicted octanol–water partition coefficient (Wildman–Crippen LogP) is -0.200. The van der Waals surface area contributed by atoms with Crippen LogP contribution in [0.3, 0.4) is 0 Å². The molecular weight excluding hydrogens is 234 g/mol. The van der Waals surface area contributed by atoms with E-state index in [2.05, 4.69) is 27.7 Å². The second-order valence-corrected chi connectivity index (χ2v) is 6.54. The van der Waals surface area contributed by atoms with Crippen molar-refractivity contribution in [1.29, 1.82) is 0 Å². The van der Waals surface area contributed by atoms with Crippen molar-refractivity contribution in [2.45, 2.75) is 36.3 Å². The number of hydrogen-bond acceptors (Lipinski definition) is 5. The quantitative estimate of drug-likeness (QED) is 0.639. The van der Waals surface area contributed by atoms with Gasteiger partial charge in [0.1, 0.15) is 0 Å². The molecule has 98 valence electrons. The molecule has 3 aliphatic rings. The van der Waals surface area contributed by atoms with Gasteiger partial charge in [-0.1, -0.05) is 0 Å². The molecule has 3 saturated heterocycles. The second-order valence-electron chi connectivity index (χ2n) is 5.19. The average molecular weight is 257 g/mol. The van der Waals surface area contributed by atoms with Gasteiger partial charge in [-0.2, -0.15) is 11.8 Å². The highest BCUT2D eigenvalue weighted by molar-refractivity contribution is 8.00. The zero-order valence-electron chi connectivity index (χ0n) is 10.3. The first kappa shape index (κ1) is 12.2. The standard InChI is InChI=1S/C12H23N3OS/c1-2-12(17-5-1)10-7-14-9(6-15-10)11-8-13-3-4-16-11/h9-15H,1-8H2. The van der Waals surface area contributed by atoms with E-state index < -0.39 is 0 Å². The number of rotatable bonds is 2. The van der Waals surface area contributed by atoms with E-state index in [1.165, 1.54) is 18.6 Å². The summed E-state index contributed by atoms with van der Waals surface area (Å²) in [6.07, 6.45) is 3.12. The molecule has 0 radical (unpaired) electrons. The molecule has 4 unspecified atom stereocenters. The maximum atomic E-state index is 5.81. The molecule has 4 nitrogen and oxygen atoms in total.